The lowest BCUT2D eigenvalue weighted by molar-refractivity contribution is 0.0699. The predicted molar refractivity (Wildman–Crippen MR) is 66.0 cm³/mol. The molecule has 5 nitrogen and oxygen atoms in total. The monoisotopic (exact) mass is 241 g/mol. The van der Waals surface area contributed by atoms with Crippen molar-refractivity contribution in [1.82, 2.24) is 15.1 Å². The number of nitrogens with one attached hydrogen (secondary N) is 1. The molecule has 2 aliphatic rings. The first-order valence-corrected chi connectivity index (χ1v) is 6.56. The second kappa shape index (κ2) is 6.21. The molecule has 98 valence electrons. The molecular formula is C12H23N3O2. The van der Waals surface area contributed by atoms with E-state index in [2.05, 4.69) is 17.3 Å². The van der Waals surface area contributed by atoms with Crippen LogP contribution in [0, 0.1) is 5.92 Å². The molecule has 0 spiro atoms. The van der Waals surface area contributed by atoms with Crippen LogP contribution >= 0.6 is 0 Å². The highest BCUT2D eigenvalue weighted by molar-refractivity contribution is 5.67. The van der Waals surface area contributed by atoms with Gasteiger partial charge >= 0.3 is 6.09 Å². The number of carbonyl (C=O) groups is 1. The Morgan fingerprint density at radius 1 is 1.24 bits per heavy atom. The number of piperidine rings is 1. The molecule has 2 heterocycles. The zero-order valence-corrected chi connectivity index (χ0v) is 10.7. The number of piperazine rings is 1. The standard InChI is InChI=1S/C12H23N3O2/c1-14-6-2-11(3-7-14)10-17-12(16)15-8-4-13-5-9-15/h11,13H,2-10H2,1H3. The highest BCUT2D eigenvalue weighted by Crippen LogP contribution is 2.16. The molecule has 1 amide bonds. The lowest BCUT2D eigenvalue weighted by Crippen LogP contribution is -2.47. The van der Waals surface area contributed by atoms with Crippen molar-refractivity contribution in [2.75, 3.05) is 52.9 Å². The van der Waals surface area contributed by atoms with E-state index in [1.165, 1.54) is 0 Å². The van der Waals surface area contributed by atoms with Crippen LogP contribution in [0.3, 0.4) is 0 Å². The number of likely N-dealkylation sites (tertiary alicyclic amines) is 1. The van der Waals surface area contributed by atoms with Gasteiger partial charge in [0.1, 0.15) is 0 Å². The third-order valence-corrected chi connectivity index (χ3v) is 3.66. The van der Waals surface area contributed by atoms with E-state index in [1.54, 1.807) is 4.90 Å². The van der Waals surface area contributed by atoms with Gasteiger partial charge in [0.15, 0.2) is 0 Å². The van der Waals surface area contributed by atoms with Crippen molar-refractivity contribution in [3.63, 3.8) is 0 Å². The fraction of sp³-hybridized carbons (Fsp3) is 0.917. The summed E-state index contributed by atoms with van der Waals surface area (Å²) in [5.41, 5.74) is 0. The average Bonchev–Trinajstić information content (AvgIpc) is 2.39. The number of nitrogens with zero attached hydrogens (tertiary/aromatic N) is 2. The summed E-state index contributed by atoms with van der Waals surface area (Å²) in [6.45, 7) is 6.13. The van der Waals surface area contributed by atoms with Gasteiger partial charge in [0.05, 0.1) is 6.61 Å². The van der Waals surface area contributed by atoms with Crippen molar-refractivity contribution in [2.45, 2.75) is 12.8 Å². The molecule has 17 heavy (non-hydrogen) atoms. The maximum Gasteiger partial charge on any atom is 0.409 e. The predicted octanol–water partition coefficient (Wildman–Crippen LogP) is 0.370. The van der Waals surface area contributed by atoms with Gasteiger partial charge in [0.25, 0.3) is 0 Å². The minimum Gasteiger partial charge on any atom is -0.449 e. The molecule has 0 aromatic heterocycles. The Morgan fingerprint density at radius 2 is 1.88 bits per heavy atom. The maximum absolute atomic E-state index is 11.8. The van der Waals surface area contributed by atoms with Crippen molar-refractivity contribution in [2.24, 2.45) is 5.92 Å². The Morgan fingerprint density at radius 3 is 2.53 bits per heavy atom. The molecule has 0 bridgehead atoms. The maximum atomic E-state index is 11.8. The van der Waals surface area contributed by atoms with E-state index in [-0.39, 0.29) is 6.09 Å². The number of carbonyl (C=O) groups excluding carboxylic acids is 1. The van der Waals surface area contributed by atoms with Gasteiger partial charge in [-0.05, 0) is 38.9 Å². The van der Waals surface area contributed by atoms with E-state index in [9.17, 15) is 4.79 Å². The zero-order valence-electron chi connectivity index (χ0n) is 10.7. The first-order valence-electron chi connectivity index (χ1n) is 6.56. The zero-order chi connectivity index (χ0) is 12.1. The molecule has 2 aliphatic heterocycles. The molecule has 0 atom stereocenters. The highest BCUT2D eigenvalue weighted by Gasteiger charge is 2.21. The summed E-state index contributed by atoms with van der Waals surface area (Å²) in [7, 11) is 2.14. The van der Waals surface area contributed by atoms with E-state index in [0.717, 1.165) is 52.1 Å². The molecule has 0 unspecified atom stereocenters. The fourth-order valence-electron chi connectivity index (χ4n) is 2.36. The van der Waals surface area contributed by atoms with E-state index >= 15 is 0 Å². The molecular weight excluding hydrogens is 218 g/mol. The molecule has 2 saturated heterocycles. The summed E-state index contributed by atoms with van der Waals surface area (Å²) in [4.78, 5) is 15.9. The topological polar surface area (TPSA) is 44.8 Å². The molecule has 0 radical (unpaired) electrons. The van der Waals surface area contributed by atoms with Crippen molar-refractivity contribution in [1.29, 1.82) is 0 Å². The lowest BCUT2D eigenvalue weighted by Gasteiger charge is -2.30. The van der Waals surface area contributed by atoms with Crippen molar-refractivity contribution < 1.29 is 9.53 Å². The Labute approximate surface area is 103 Å². The van der Waals surface area contributed by atoms with Crippen LogP contribution < -0.4 is 5.32 Å². The average molecular weight is 241 g/mol. The van der Waals surface area contributed by atoms with Crippen LogP contribution in [0.1, 0.15) is 12.8 Å². The summed E-state index contributed by atoms with van der Waals surface area (Å²) in [5, 5.41) is 3.22. The number of amides is 1. The van der Waals surface area contributed by atoms with Crippen LogP contribution in [0.4, 0.5) is 4.79 Å². The third-order valence-electron chi connectivity index (χ3n) is 3.66. The summed E-state index contributed by atoms with van der Waals surface area (Å²) in [5.74, 6) is 0.554. The van der Waals surface area contributed by atoms with Crippen molar-refractivity contribution >= 4 is 6.09 Å². The number of hydrogen-bond donors (Lipinski definition) is 1. The van der Waals surface area contributed by atoms with E-state index in [0.29, 0.717) is 12.5 Å². The molecule has 0 aromatic rings. The Bertz CT molecular complexity index is 246. The summed E-state index contributed by atoms with van der Waals surface area (Å²) < 4.78 is 5.40. The minimum absolute atomic E-state index is 0.134. The molecule has 0 aliphatic carbocycles. The fourth-order valence-corrected chi connectivity index (χ4v) is 2.36. The number of ether oxygens (including phenoxy) is 1. The summed E-state index contributed by atoms with van der Waals surface area (Å²) >= 11 is 0. The van der Waals surface area contributed by atoms with Crippen LogP contribution in [-0.4, -0.2) is 68.8 Å². The number of hydrogen-bond acceptors (Lipinski definition) is 4. The van der Waals surface area contributed by atoms with Gasteiger partial charge in [-0.1, -0.05) is 0 Å². The van der Waals surface area contributed by atoms with Crippen LogP contribution in [0.15, 0.2) is 0 Å². The molecule has 0 saturated carbocycles. The van der Waals surface area contributed by atoms with Gasteiger partial charge < -0.3 is 19.9 Å². The largest absolute Gasteiger partial charge is 0.449 e. The second-order valence-electron chi connectivity index (χ2n) is 5.06. The Balaban J connectivity index is 1.65. The van der Waals surface area contributed by atoms with Crippen LogP contribution in [0.25, 0.3) is 0 Å². The van der Waals surface area contributed by atoms with Gasteiger partial charge in [-0.3, -0.25) is 0 Å². The Hall–Kier alpha value is -0.810. The molecule has 2 fully saturated rings. The molecule has 0 aromatic carbocycles. The van der Waals surface area contributed by atoms with E-state index in [4.69, 9.17) is 4.74 Å². The SMILES string of the molecule is CN1CCC(COC(=O)N2CCNCC2)CC1. The third kappa shape index (κ3) is 3.85. The first kappa shape index (κ1) is 12.6. The van der Waals surface area contributed by atoms with Crippen molar-refractivity contribution in [3.05, 3.63) is 0 Å². The minimum atomic E-state index is -0.134. The van der Waals surface area contributed by atoms with Crippen LogP contribution in [0.5, 0.6) is 0 Å². The summed E-state index contributed by atoms with van der Waals surface area (Å²) in [6, 6.07) is 0. The van der Waals surface area contributed by atoms with Gasteiger partial charge in [0.2, 0.25) is 0 Å². The Kier molecular flexibility index (Phi) is 4.62. The quantitative estimate of drug-likeness (QED) is 0.758. The normalized spacial score (nSPS) is 23.7. The first-order chi connectivity index (χ1) is 8.25. The van der Waals surface area contributed by atoms with Gasteiger partial charge in [0, 0.05) is 26.2 Å². The van der Waals surface area contributed by atoms with Crippen molar-refractivity contribution in [3.8, 4) is 0 Å². The van der Waals surface area contributed by atoms with Gasteiger partial charge in [-0.2, -0.15) is 0 Å². The van der Waals surface area contributed by atoms with Gasteiger partial charge in [-0.25, -0.2) is 4.79 Å². The second-order valence-corrected chi connectivity index (χ2v) is 5.06. The van der Waals surface area contributed by atoms with Crippen LogP contribution in [-0.2, 0) is 4.74 Å². The van der Waals surface area contributed by atoms with Crippen LogP contribution in [0.2, 0.25) is 0 Å². The highest BCUT2D eigenvalue weighted by atomic mass is 16.6. The molecule has 2 rings (SSSR count). The van der Waals surface area contributed by atoms with Gasteiger partial charge in [-0.15, -0.1) is 0 Å². The van der Waals surface area contributed by atoms with E-state index in [1.807, 2.05) is 0 Å². The summed E-state index contributed by atoms with van der Waals surface area (Å²) in [6.07, 6.45) is 2.15. The van der Waals surface area contributed by atoms with E-state index < -0.39 is 0 Å². The number of rotatable bonds is 2. The molecule has 5 heteroatoms. The molecule has 1 N–H and O–H groups in total. The smallest absolute Gasteiger partial charge is 0.409 e. The lowest BCUT2D eigenvalue weighted by atomic mass is 9.98.